The van der Waals surface area contributed by atoms with Crippen LogP contribution in [-0.4, -0.2) is 9.97 Å². The SMILES string of the molecule is Cc1ccsc1CNc1cncc(NN)n1. The van der Waals surface area contributed by atoms with Gasteiger partial charge in [0.1, 0.15) is 5.82 Å². The second-order valence-electron chi connectivity index (χ2n) is 3.31. The highest BCUT2D eigenvalue weighted by Gasteiger charge is 2.01. The van der Waals surface area contributed by atoms with Crippen molar-refractivity contribution in [2.75, 3.05) is 10.7 Å². The number of nitrogens with one attached hydrogen (secondary N) is 2. The number of hydrazine groups is 1. The lowest BCUT2D eigenvalue weighted by Crippen LogP contribution is -2.10. The minimum Gasteiger partial charge on any atom is -0.364 e. The molecule has 16 heavy (non-hydrogen) atoms. The first-order chi connectivity index (χ1) is 7.79. The van der Waals surface area contributed by atoms with Crippen LogP contribution < -0.4 is 16.6 Å². The van der Waals surface area contributed by atoms with E-state index in [0.29, 0.717) is 11.6 Å². The molecule has 2 aromatic rings. The molecular weight excluding hydrogens is 222 g/mol. The quantitative estimate of drug-likeness (QED) is 0.556. The number of aryl methyl sites for hydroxylation is 1. The largest absolute Gasteiger partial charge is 0.364 e. The van der Waals surface area contributed by atoms with E-state index in [1.807, 2.05) is 0 Å². The summed E-state index contributed by atoms with van der Waals surface area (Å²) in [7, 11) is 0. The Labute approximate surface area is 97.7 Å². The number of nitrogen functional groups attached to an aromatic ring is 1. The molecule has 0 aliphatic carbocycles. The fourth-order valence-corrected chi connectivity index (χ4v) is 2.12. The van der Waals surface area contributed by atoms with Crippen LogP contribution in [0.2, 0.25) is 0 Å². The number of anilines is 2. The summed E-state index contributed by atoms with van der Waals surface area (Å²) < 4.78 is 0. The van der Waals surface area contributed by atoms with E-state index in [1.165, 1.54) is 10.4 Å². The minimum absolute atomic E-state index is 0.549. The van der Waals surface area contributed by atoms with E-state index in [4.69, 9.17) is 5.84 Å². The van der Waals surface area contributed by atoms with Crippen molar-refractivity contribution in [3.05, 3.63) is 34.3 Å². The minimum atomic E-state index is 0.549. The van der Waals surface area contributed by atoms with Crippen LogP contribution >= 0.6 is 11.3 Å². The van der Waals surface area contributed by atoms with E-state index in [0.717, 1.165) is 6.54 Å². The van der Waals surface area contributed by atoms with Crippen LogP contribution in [0.5, 0.6) is 0 Å². The molecule has 0 unspecified atom stereocenters. The van der Waals surface area contributed by atoms with Gasteiger partial charge in [-0.05, 0) is 23.9 Å². The van der Waals surface area contributed by atoms with Gasteiger partial charge in [0.15, 0.2) is 5.82 Å². The number of aromatic nitrogens is 2. The first kappa shape index (κ1) is 10.8. The molecule has 2 heterocycles. The molecule has 0 spiro atoms. The molecule has 0 amide bonds. The highest BCUT2D eigenvalue weighted by atomic mass is 32.1. The van der Waals surface area contributed by atoms with E-state index in [-0.39, 0.29) is 0 Å². The van der Waals surface area contributed by atoms with Crippen molar-refractivity contribution in [3.63, 3.8) is 0 Å². The Hall–Kier alpha value is -1.66. The van der Waals surface area contributed by atoms with Gasteiger partial charge >= 0.3 is 0 Å². The molecule has 5 nitrogen and oxygen atoms in total. The fraction of sp³-hybridized carbons (Fsp3) is 0.200. The van der Waals surface area contributed by atoms with E-state index >= 15 is 0 Å². The topological polar surface area (TPSA) is 75.9 Å². The van der Waals surface area contributed by atoms with Crippen molar-refractivity contribution in [2.24, 2.45) is 5.84 Å². The van der Waals surface area contributed by atoms with Gasteiger partial charge in [-0.25, -0.2) is 10.8 Å². The average Bonchev–Trinajstić information content (AvgIpc) is 2.72. The molecule has 0 bridgehead atoms. The Morgan fingerprint density at radius 3 is 2.88 bits per heavy atom. The van der Waals surface area contributed by atoms with E-state index in [1.54, 1.807) is 23.7 Å². The molecule has 0 radical (unpaired) electrons. The van der Waals surface area contributed by atoms with Gasteiger partial charge in [-0.2, -0.15) is 0 Å². The Kier molecular flexibility index (Phi) is 3.33. The van der Waals surface area contributed by atoms with Crippen LogP contribution in [0.4, 0.5) is 11.6 Å². The second-order valence-corrected chi connectivity index (χ2v) is 4.31. The van der Waals surface area contributed by atoms with E-state index < -0.39 is 0 Å². The molecule has 0 aliphatic rings. The molecule has 0 atom stereocenters. The first-order valence-corrected chi connectivity index (χ1v) is 5.73. The average molecular weight is 235 g/mol. The van der Waals surface area contributed by atoms with Crippen LogP contribution in [0.15, 0.2) is 23.8 Å². The third kappa shape index (κ3) is 2.47. The predicted octanol–water partition coefficient (Wildman–Crippen LogP) is 1.74. The Balaban J connectivity index is 2.02. The van der Waals surface area contributed by atoms with Crippen LogP contribution in [0.3, 0.4) is 0 Å². The summed E-state index contributed by atoms with van der Waals surface area (Å²) in [4.78, 5) is 9.53. The van der Waals surface area contributed by atoms with Crippen LogP contribution in [0.25, 0.3) is 0 Å². The summed E-state index contributed by atoms with van der Waals surface area (Å²) in [5.74, 6) is 6.52. The van der Waals surface area contributed by atoms with Gasteiger partial charge in [-0.15, -0.1) is 11.3 Å². The van der Waals surface area contributed by atoms with Crippen molar-refractivity contribution < 1.29 is 0 Å². The molecule has 0 saturated carbocycles. The Morgan fingerprint density at radius 2 is 2.19 bits per heavy atom. The zero-order chi connectivity index (χ0) is 11.4. The van der Waals surface area contributed by atoms with Crippen molar-refractivity contribution in [1.29, 1.82) is 0 Å². The van der Waals surface area contributed by atoms with Gasteiger partial charge in [-0.3, -0.25) is 4.98 Å². The number of hydrogen-bond acceptors (Lipinski definition) is 6. The summed E-state index contributed by atoms with van der Waals surface area (Å²) in [5.41, 5.74) is 3.75. The van der Waals surface area contributed by atoms with Gasteiger partial charge in [0.2, 0.25) is 0 Å². The molecule has 0 fully saturated rings. The maximum Gasteiger partial charge on any atom is 0.160 e. The lowest BCUT2D eigenvalue weighted by molar-refractivity contribution is 1.09. The summed E-state index contributed by atoms with van der Waals surface area (Å²) in [6, 6.07) is 2.10. The predicted molar refractivity (Wildman–Crippen MR) is 66.2 cm³/mol. The molecule has 84 valence electrons. The molecule has 0 aromatic carbocycles. The molecule has 2 aromatic heterocycles. The molecule has 4 N–H and O–H groups in total. The monoisotopic (exact) mass is 235 g/mol. The van der Waals surface area contributed by atoms with E-state index in [2.05, 4.69) is 39.1 Å². The third-order valence-electron chi connectivity index (χ3n) is 2.18. The number of nitrogens with two attached hydrogens (primary N) is 1. The van der Waals surface area contributed by atoms with Gasteiger partial charge < -0.3 is 10.7 Å². The second kappa shape index (κ2) is 4.91. The first-order valence-electron chi connectivity index (χ1n) is 4.85. The summed E-state index contributed by atoms with van der Waals surface area (Å²) in [6.45, 7) is 2.85. The standard InChI is InChI=1S/C10H13N5S/c1-7-2-3-16-8(7)4-13-9-5-12-6-10(14-9)15-11/h2-3,5-6H,4,11H2,1H3,(H2,13,14,15). The summed E-state index contributed by atoms with van der Waals surface area (Å²) in [6.07, 6.45) is 3.24. The van der Waals surface area contributed by atoms with Gasteiger partial charge in [-0.1, -0.05) is 0 Å². The van der Waals surface area contributed by atoms with Crippen molar-refractivity contribution in [2.45, 2.75) is 13.5 Å². The maximum absolute atomic E-state index is 5.26. The highest BCUT2D eigenvalue weighted by Crippen LogP contribution is 2.17. The van der Waals surface area contributed by atoms with Crippen LogP contribution in [-0.2, 0) is 6.54 Å². The lowest BCUT2D eigenvalue weighted by atomic mass is 10.3. The Bertz CT molecular complexity index is 468. The van der Waals surface area contributed by atoms with Crippen molar-refractivity contribution in [1.82, 2.24) is 9.97 Å². The van der Waals surface area contributed by atoms with Gasteiger partial charge in [0.25, 0.3) is 0 Å². The number of thiophene rings is 1. The highest BCUT2D eigenvalue weighted by molar-refractivity contribution is 7.10. The van der Waals surface area contributed by atoms with Gasteiger partial charge in [0.05, 0.1) is 18.9 Å². The summed E-state index contributed by atoms with van der Waals surface area (Å²) >= 11 is 1.73. The summed E-state index contributed by atoms with van der Waals surface area (Å²) in [5, 5.41) is 5.28. The molecule has 0 saturated heterocycles. The third-order valence-corrected chi connectivity index (χ3v) is 3.20. The van der Waals surface area contributed by atoms with Crippen molar-refractivity contribution >= 4 is 23.0 Å². The smallest absolute Gasteiger partial charge is 0.160 e. The molecule has 0 aliphatic heterocycles. The van der Waals surface area contributed by atoms with Crippen molar-refractivity contribution in [3.8, 4) is 0 Å². The van der Waals surface area contributed by atoms with Crippen LogP contribution in [0, 0.1) is 6.92 Å². The van der Waals surface area contributed by atoms with Crippen LogP contribution in [0.1, 0.15) is 10.4 Å². The molecule has 6 heteroatoms. The Morgan fingerprint density at radius 1 is 1.38 bits per heavy atom. The maximum atomic E-state index is 5.26. The number of nitrogens with zero attached hydrogens (tertiary/aromatic N) is 2. The molecule has 2 rings (SSSR count). The zero-order valence-electron chi connectivity index (χ0n) is 8.90. The number of rotatable bonds is 4. The van der Waals surface area contributed by atoms with Gasteiger partial charge in [0, 0.05) is 4.88 Å². The lowest BCUT2D eigenvalue weighted by Gasteiger charge is -2.05. The number of hydrogen-bond donors (Lipinski definition) is 3. The van der Waals surface area contributed by atoms with E-state index in [9.17, 15) is 0 Å². The normalized spacial score (nSPS) is 10.1. The molecular formula is C10H13N5S. The fourth-order valence-electron chi connectivity index (χ4n) is 1.28. The zero-order valence-corrected chi connectivity index (χ0v) is 9.71.